The van der Waals surface area contributed by atoms with E-state index in [0.29, 0.717) is 0 Å². The second-order valence-corrected chi connectivity index (χ2v) is 2.74. The van der Waals surface area contributed by atoms with Gasteiger partial charge in [-0.15, -0.1) is 0 Å². The van der Waals surface area contributed by atoms with Crippen molar-refractivity contribution in [3.8, 4) is 6.07 Å². The topological polar surface area (TPSA) is 40.9 Å². The molecule has 2 nitrogen and oxygen atoms in total. The van der Waals surface area contributed by atoms with E-state index in [-0.39, 0.29) is 0 Å². The number of hydrogen-bond acceptors (Lipinski definition) is 2. The van der Waals surface area contributed by atoms with Gasteiger partial charge in [0.25, 0.3) is 5.78 Å². The highest BCUT2D eigenvalue weighted by atomic mass is 19.3. The maximum absolute atomic E-state index is 12.5. The molecule has 0 aromatic heterocycles. The SMILES string of the molecule is N#CC(F)(F)C(F)(F)C(=O)C(F)(F)C(F)=C(F)F. The van der Waals surface area contributed by atoms with Crippen molar-refractivity contribution >= 4 is 5.78 Å². The Bertz CT molecular complexity index is 429. The van der Waals surface area contributed by atoms with Crippen molar-refractivity contribution in [2.45, 2.75) is 17.8 Å². The van der Waals surface area contributed by atoms with Gasteiger partial charge in [-0.2, -0.15) is 44.8 Å². The fourth-order valence-corrected chi connectivity index (χ4v) is 0.628. The Kier molecular flexibility index (Phi) is 4.07. The average molecular weight is 285 g/mol. The van der Waals surface area contributed by atoms with E-state index >= 15 is 0 Å². The van der Waals surface area contributed by atoms with Crippen molar-refractivity contribution in [3.63, 3.8) is 0 Å². The summed E-state index contributed by atoms with van der Waals surface area (Å²) in [7, 11) is 0. The van der Waals surface area contributed by atoms with E-state index in [1.807, 2.05) is 0 Å². The minimum Gasteiger partial charge on any atom is -0.285 e. The summed E-state index contributed by atoms with van der Waals surface area (Å²) in [6.45, 7) is 0. The lowest BCUT2D eigenvalue weighted by atomic mass is 10.0. The second kappa shape index (κ2) is 4.51. The number of carbonyl (C=O) groups excluding carboxylic acids is 1. The lowest BCUT2D eigenvalue weighted by molar-refractivity contribution is -0.205. The number of Topliss-reactive ketones (excluding diaryl/α,β-unsaturated/α-hetero) is 1. The molecule has 0 aromatic rings. The van der Waals surface area contributed by atoms with Gasteiger partial charge in [-0.1, -0.05) is 0 Å². The molecular formula is C7F9NO. The molecule has 11 heteroatoms. The molecule has 0 atom stereocenters. The number of nitrogens with zero attached hydrogens (tertiary/aromatic N) is 1. The molecule has 0 heterocycles. The van der Waals surface area contributed by atoms with Crippen LogP contribution in [-0.4, -0.2) is 23.6 Å². The van der Waals surface area contributed by atoms with Crippen LogP contribution in [0.4, 0.5) is 39.5 Å². The Morgan fingerprint density at radius 2 is 1.33 bits per heavy atom. The molecule has 0 bridgehead atoms. The van der Waals surface area contributed by atoms with Gasteiger partial charge in [-0.25, -0.2) is 0 Å². The van der Waals surface area contributed by atoms with E-state index in [4.69, 9.17) is 5.26 Å². The van der Waals surface area contributed by atoms with Gasteiger partial charge < -0.3 is 0 Å². The van der Waals surface area contributed by atoms with Gasteiger partial charge in [0.15, 0.2) is 0 Å². The molecule has 0 N–H and O–H groups in total. The van der Waals surface area contributed by atoms with E-state index < -0.39 is 41.5 Å². The van der Waals surface area contributed by atoms with Crippen LogP contribution < -0.4 is 0 Å². The highest BCUT2D eigenvalue weighted by Crippen LogP contribution is 2.42. The molecule has 0 fully saturated rings. The third-order valence-electron chi connectivity index (χ3n) is 1.55. The third-order valence-corrected chi connectivity index (χ3v) is 1.55. The summed E-state index contributed by atoms with van der Waals surface area (Å²) in [5, 5.41) is 7.56. The number of nitriles is 1. The average Bonchev–Trinajstić information content (AvgIpc) is 2.26. The summed E-state index contributed by atoms with van der Waals surface area (Å²) in [6.07, 6.45) is -3.83. The van der Waals surface area contributed by atoms with Gasteiger partial charge >= 0.3 is 23.8 Å². The molecule has 0 rings (SSSR count). The van der Waals surface area contributed by atoms with E-state index in [9.17, 15) is 44.3 Å². The van der Waals surface area contributed by atoms with Crippen molar-refractivity contribution < 1.29 is 44.3 Å². The van der Waals surface area contributed by atoms with Gasteiger partial charge in [0.2, 0.25) is 5.83 Å². The third kappa shape index (κ3) is 2.41. The van der Waals surface area contributed by atoms with Crippen molar-refractivity contribution in [1.29, 1.82) is 5.26 Å². The van der Waals surface area contributed by atoms with Crippen LogP contribution in [0.5, 0.6) is 0 Å². The molecule has 0 unspecified atom stereocenters. The predicted octanol–water partition coefficient (Wildman–Crippen LogP) is 3.06. The van der Waals surface area contributed by atoms with E-state index in [1.165, 1.54) is 0 Å². The van der Waals surface area contributed by atoms with Crippen LogP contribution in [0.2, 0.25) is 0 Å². The van der Waals surface area contributed by atoms with Crippen LogP contribution in [0.1, 0.15) is 0 Å². The van der Waals surface area contributed by atoms with Crippen LogP contribution in [0.25, 0.3) is 0 Å². The first kappa shape index (κ1) is 16.3. The number of hydrogen-bond donors (Lipinski definition) is 0. The maximum Gasteiger partial charge on any atom is 0.401 e. The van der Waals surface area contributed by atoms with Crippen molar-refractivity contribution in [3.05, 3.63) is 11.9 Å². The zero-order valence-electron chi connectivity index (χ0n) is 7.76. The Morgan fingerprint density at radius 3 is 1.61 bits per heavy atom. The number of halogens is 9. The molecule has 0 saturated heterocycles. The van der Waals surface area contributed by atoms with Crippen LogP contribution in [0.15, 0.2) is 11.9 Å². The fraction of sp³-hybridized carbons (Fsp3) is 0.429. The summed E-state index contributed by atoms with van der Waals surface area (Å²) in [5.74, 6) is -26.4. The molecule has 102 valence electrons. The Labute approximate surface area is 92.3 Å². The molecule has 0 saturated carbocycles. The Balaban J connectivity index is 5.71. The van der Waals surface area contributed by atoms with Crippen molar-refractivity contribution in [2.75, 3.05) is 0 Å². The molecule has 0 aliphatic heterocycles. The zero-order valence-corrected chi connectivity index (χ0v) is 7.76. The smallest absolute Gasteiger partial charge is 0.285 e. The highest BCUT2D eigenvalue weighted by Gasteiger charge is 2.70. The quantitative estimate of drug-likeness (QED) is 0.745. The number of alkyl halides is 6. The first-order chi connectivity index (χ1) is 7.82. The number of ketones is 1. The monoisotopic (exact) mass is 285 g/mol. The van der Waals surface area contributed by atoms with Crippen molar-refractivity contribution in [1.82, 2.24) is 0 Å². The van der Waals surface area contributed by atoms with Crippen LogP contribution in [0, 0.1) is 11.3 Å². The van der Waals surface area contributed by atoms with Gasteiger partial charge in [0.1, 0.15) is 6.07 Å². The van der Waals surface area contributed by atoms with Gasteiger partial charge in [-0.05, 0) is 0 Å². The molecule has 0 aliphatic rings. The minimum atomic E-state index is -6.34. The fourth-order valence-electron chi connectivity index (χ4n) is 0.628. The Hall–Kier alpha value is -1.73. The largest absolute Gasteiger partial charge is 0.401 e. The minimum absolute atomic E-state index is 0.461. The van der Waals surface area contributed by atoms with Gasteiger partial charge in [0.05, 0.1) is 0 Å². The number of allylic oxidation sites excluding steroid dienone is 1. The normalized spacial score (nSPS) is 12.9. The van der Waals surface area contributed by atoms with E-state index in [1.54, 1.807) is 0 Å². The second-order valence-electron chi connectivity index (χ2n) is 2.74. The number of carbonyl (C=O) groups is 1. The molecule has 0 spiro atoms. The lowest BCUT2D eigenvalue weighted by Crippen LogP contribution is -2.53. The summed E-state index contributed by atoms with van der Waals surface area (Å²) in [4.78, 5) is 10.3. The first-order valence-electron chi connectivity index (χ1n) is 3.63. The Morgan fingerprint density at radius 1 is 0.944 bits per heavy atom. The van der Waals surface area contributed by atoms with E-state index in [0.717, 1.165) is 0 Å². The zero-order chi connectivity index (χ0) is 14.9. The molecule has 0 aromatic carbocycles. The van der Waals surface area contributed by atoms with Crippen LogP contribution in [-0.2, 0) is 4.79 Å². The molecule has 0 radical (unpaired) electrons. The molecule has 18 heavy (non-hydrogen) atoms. The molecule has 0 amide bonds. The van der Waals surface area contributed by atoms with E-state index in [2.05, 4.69) is 0 Å². The summed E-state index contributed by atoms with van der Waals surface area (Å²) in [6, 6.07) is -0.461. The highest BCUT2D eigenvalue weighted by molar-refractivity contribution is 5.95. The van der Waals surface area contributed by atoms with Gasteiger partial charge in [0, 0.05) is 0 Å². The van der Waals surface area contributed by atoms with Gasteiger partial charge in [-0.3, -0.25) is 4.79 Å². The summed E-state index contributed by atoms with van der Waals surface area (Å²) < 4.78 is 109. The van der Waals surface area contributed by atoms with Crippen LogP contribution in [0.3, 0.4) is 0 Å². The maximum atomic E-state index is 12.5. The summed E-state index contributed by atoms with van der Waals surface area (Å²) in [5.41, 5.74) is 0. The van der Waals surface area contributed by atoms with Crippen molar-refractivity contribution in [2.24, 2.45) is 0 Å². The predicted molar refractivity (Wildman–Crippen MR) is 35.8 cm³/mol. The summed E-state index contributed by atoms with van der Waals surface area (Å²) >= 11 is 0. The molecule has 0 aliphatic carbocycles. The lowest BCUT2D eigenvalue weighted by Gasteiger charge is -2.22. The standard InChI is InChI=1S/C7F9NO/c8-2(3(9)10)6(13,14)4(18)7(15,16)5(11,12)1-17. The van der Waals surface area contributed by atoms with Crippen LogP contribution >= 0.6 is 0 Å². The first-order valence-corrected chi connectivity index (χ1v) is 3.63. The molecular weight excluding hydrogens is 285 g/mol. The number of rotatable bonds is 4.